The van der Waals surface area contributed by atoms with Crippen molar-refractivity contribution in [3.8, 4) is 0 Å². The number of amides is 2. The zero-order chi connectivity index (χ0) is 20.4. The largest absolute Gasteiger partial charge is 0.362 e. The molecule has 1 atom stereocenters. The van der Waals surface area contributed by atoms with Gasteiger partial charge in [-0.05, 0) is 30.5 Å². The van der Waals surface area contributed by atoms with Gasteiger partial charge in [-0.2, -0.15) is 0 Å². The van der Waals surface area contributed by atoms with Gasteiger partial charge < -0.3 is 15.1 Å². The number of aromatic nitrogens is 1. The highest BCUT2D eigenvalue weighted by molar-refractivity contribution is 6.31. The average molecular weight is 401 g/mol. The van der Waals surface area contributed by atoms with Crippen LogP contribution in [-0.2, 0) is 0 Å². The van der Waals surface area contributed by atoms with E-state index < -0.39 is 5.82 Å². The summed E-state index contributed by atoms with van der Waals surface area (Å²) in [6.07, 6.45) is 1.81. The second-order valence-corrected chi connectivity index (χ2v) is 7.23. The molecule has 3 rings (SSSR count). The molecule has 1 N–H and O–H groups in total. The third kappa shape index (κ3) is 3.87. The van der Waals surface area contributed by atoms with Gasteiger partial charge in [-0.15, -0.1) is 0 Å². The maximum Gasteiger partial charge on any atom is 0.322 e. The van der Waals surface area contributed by atoms with E-state index in [-0.39, 0.29) is 17.1 Å². The maximum absolute atomic E-state index is 13.3. The van der Waals surface area contributed by atoms with Crippen LogP contribution in [0, 0.1) is 5.82 Å². The standard InChI is InChI=1S/C21H22ClFN4O/c1-13(27(4)21(28)25-14-9-10-19(23)18(22)11-14)17-12-24-20(26(2)3)16-8-6-5-7-15(16)17/h5-13H,1-4H3,(H,25,28)/t13-/m1/s1. The lowest BCUT2D eigenvalue weighted by atomic mass is 10.0. The second-order valence-electron chi connectivity index (χ2n) is 6.82. The molecule has 0 aliphatic heterocycles. The minimum absolute atomic E-state index is 0.0389. The van der Waals surface area contributed by atoms with Gasteiger partial charge in [0.2, 0.25) is 0 Å². The molecule has 0 aliphatic carbocycles. The van der Waals surface area contributed by atoms with Gasteiger partial charge in [-0.3, -0.25) is 0 Å². The van der Waals surface area contributed by atoms with Gasteiger partial charge in [-0.25, -0.2) is 14.2 Å². The number of urea groups is 1. The Labute approximate surface area is 168 Å². The van der Waals surface area contributed by atoms with Crippen LogP contribution < -0.4 is 10.2 Å². The van der Waals surface area contributed by atoms with Gasteiger partial charge in [0.25, 0.3) is 0 Å². The number of nitrogens with zero attached hydrogens (tertiary/aromatic N) is 3. The summed E-state index contributed by atoms with van der Waals surface area (Å²) in [5.41, 5.74) is 1.37. The first-order valence-corrected chi connectivity index (χ1v) is 9.21. The molecule has 0 saturated carbocycles. The van der Waals surface area contributed by atoms with Gasteiger partial charge in [-0.1, -0.05) is 35.9 Å². The lowest BCUT2D eigenvalue weighted by Gasteiger charge is -2.27. The smallest absolute Gasteiger partial charge is 0.322 e. The fourth-order valence-electron chi connectivity index (χ4n) is 3.06. The first kappa shape index (κ1) is 19.9. The summed E-state index contributed by atoms with van der Waals surface area (Å²) >= 11 is 5.79. The normalized spacial score (nSPS) is 11.9. The number of anilines is 2. The van der Waals surface area contributed by atoms with Crippen molar-refractivity contribution in [2.24, 2.45) is 0 Å². The highest BCUT2D eigenvalue weighted by Crippen LogP contribution is 2.31. The zero-order valence-corrected chi connectivity index (χ0v) is 17.0. The molecule has 0 bridgehead atoms. The summed E-state index contributed by atoms with van der Waals surface area (Å²) in [5.74, 6) is 0.347. The molecule has 3 aromatic rings. The molecule has 1 aromatic heterocycles. The van der Waals surface area contributed by atoms with E-state index in [0.29, 0.717) is 5.69 Å². The van der Waals surface area contributed by atoms with Crippen LogP contribution >= 0.6 is 11.6 Å². The first-order valence-electron chi connectivity index (χ1n) is 8.83. The molecule has 7 heteroatoms. The van der Waals surface area contributed by atoms with E-state index in [9.17, 15) is 9.18 Å². The van der Waals surface area contributed by atoms with Crippen molar-refractivity contribution in [2.45, 2.75) is 13.0 Å². The Bertz CT molecular complexity index is 1020. The molecule has 146 valence electrons. The molecule has 0 unspecified atom stereocenters. The summed E-state index contributed by atoms with van der Waals surface area (Å²) in [5, 5.41) is 4.77. The van der Waals surface area contributed by atoms with E-state index >= 15 is 0 Å². The highest BCUT2D eigenvalue weighted by Gasteiger charge is 2.21. The summed E-state index contributed by atoms with van der Waals surface area (Å²) in [7, 11) is 5.61. The molecule has 28 heavy (non-hydrogen) atoms. The van der Waals surface area contributed by atoms with Gasteiger partial charge in [0.1, 0.15) is 11.6 Å². The highest BCUT2D eigenvalue weighted by atomic mass is 35.5. The predicted molar refractivity (Wildman–Crippen MR) is 113 cm³/mol. The van der Waals surface area contributed by atoms with E-state index in [1.54, 1.807) is 18.1 Å². The number of hydrogen-bond acceptors (Lipinski definition) is 3. The Balaban J connectivity index is 1.88. The zero-order valence-electron chi connectivity index (χ0n) is 16.2. The molecule has 2 aromatic carbocycles. The number of nitrogens with one attached hydrogen (secondary N) is 1. The van der Waals surface area contributed by atoms with Crippen LogP contribution in [0.1, 0.15) is 18.5 Å². The minimum atomic E-state index is -0.528. The molecule has 0 radical (unpaired) electrons. The number of carbonyl (C=O) groups is 1. The van der Waals surface area contributed by atoms with Gasteiger partial charge in [0.15, 0.2) is 0 Å². The van der Waals surface area contributed by atoms with Crippen molar-refractivity contribution in [1.29, 1.82) is 0 Å². The Morgan fingerprint density at radius 2 is 1.82 bits per heavy atom. The summed E-state index contributed by atoms with van der Waals surface area (Å²) in [6, 6.07) is 11.5. The van der Waals surface area contributed by atoms with Gasteiger partial charge in [0, 0.05) is 44.0 Å². The van der Waals surface area contributed by atoms with Crippen molar-refractivity contribution >= 4 is 39.9 Å². The minimum Gasteiger partial charge on any atom is -0.362 e. The van der Waals surface area contributed by atoms with E-state index in [4.69, 9.17) is 11.6 Å². The molecule has 0 saturated heterocycles. The molecule has 0 fully saturated rings. The number of halogens is 2. The number of hydrogen-bond donors (Lipinski definition) is 1. The number of pyridine rings is 1. The Morgan fingerprint density at radius 3 is 2.46 bits per heavy atom. The lowest BCUT2D eigenvalue weighted by molar-refractivity contribution is 0.208. The molecule has 0 spiro atoms. The van der Waals surface area contributed by atoms with Gasteiger partial charge in [0.05, 0.1) is 11.1 Å². The number of benzene rings is 2. The van der Waals surface area contributed by atoms with Crippen LogP contribution in [0.25, 0.3) is 10.8 Å². The quantitative estimate of drug-likeness (QED) is 0.644. The van der Waals surface area contributed by atoms with Crippen molar-refractivity contribution < 1.29 is 9.18 Å². The molecule has 2 amide bonds. The molecular weight excluding hydrogens is 379 g/mol. The molecular formula is C21H22ClFN4O. The Morgan fingerprint density at radius 1 is 1.14 bits per heavy atom. The number of rotatable bonds is 4. The summed E-state index contributed by atoms with van der Waals surface area (Å²) in [4.78, 5) is 20.8. The second kappa shape index (κ2) is 8.02. The van der Waals surface area contributed by atoms with E-state index in [1.807, 2.05) is 50.2 Å². The van der Waals surface area contributed by atoms with Crippen molar-refractivity contribution in [1.82, 2.24) is 9.88 Å². The number of fused-ring (bicyclic) bond motifs is 1. The number of carbonyl (C=O) groups excluding carboxylic acids is 1. The van der Waals surface area contributed by atoms with Crippen molar-refractivity contribution in [2.75, 3.05) is 31.4 Å². The van der Waals surface area contributed by atoms with Crippen LogP contribution in [0.4, 0.5) is 20.7 Å². The topological polar surface area (TPSA) is 48.5 Å². The van der Waals surface area contributed by atoms with Crippen LogP contribution in [0.15, 0.2) is 48.7 Å². The Hall–Kier alpha value is -2.86. The monoisotopic (exact) mass is 400 g/mol. The summed E-state index contributed by atoms with van der Waals surface area (Å²) in [6.45, 7) is 1.94. The third-order valence-electron chi connectivity index (χ3n) is 4.75. The molecule has 5 nitrogen and oxygen atoms in total. The van der Waals surface area contributed by atoms with Crippen LogP contribution in [0.2, 0.25) is 5.02 Å². The van der Waals surface area contributed by atoms with E-state index in [2.05, 4.69) is 10.3 Å². The van der Waals surface area contributed by atoms with E-state index in [1.165, 1.54) is 18.2 Å². The predicted octanol–water partition coefficient (Wildman–Crippen LogP) is 5.32. The fraction of sp³-hybridized carbons (Fsp3) is 0.238. The lowest BCUT2D eigenvalue weighted by Crippen LogP contribution is -2.33. The third-order valence-corrected chi connectivity index (χ3v) is 5.04. The van der Waals surface area contributed by atoms with Crippen LogP contribution in [-0.4, -0.2) is 37.1 Å². The fourth-order valence-corrected chi connectivity index (χ4v) is 3.24. The molecule has 1 heterocycles. The van der Waals surface area contributed by atoms with Crippen LogP contribution in [0.5, 0.6) is 0 Å². The maximum atomic E-state index is 13.3. The van der Waals surface area contributed by atoms with Crippen LogP contribution in [0.3, 0.4) is 0 Å². The SMILES string of the molecule is C[C@H](c1cnc(N(C)C)c2ccccc12)N(C)C(=O)Nc1ccc(F)c(Cl)c1. The van der Waals surface area contributed by atoms with Crippen molar-refractivity contribution in [3.63, 3.8) is 0 Å². The van der Waals surface area contributed by atoms with E-state index in [0.717, 1.165) is 22.2 Å². The first-order chi connectivity index (χ1) is 13.3. The van der Waals surface area contributed by atoms with Crippen molar-refractivity contribution in [3.05, 3.63) is 65.1 Å². The average Bonchev–Trinajstić information content (AvgIpc) is 2.68. The summed E-state index contributed by atoms with van der Waals surface area (Å²) < 4.78 is 13.3. The Kier molecular flexibility index (Phi) is 5.70. The molecule has 0 aliphatic rings. The van der Waals surface area contributed by atoms with Gasteiger partial charge >= 0.3 is 6.03 Å².